The van der Waals surface area contributed by atoms with Crippen molar-refractivity contribution in [1.82, 2.24) is 15.6 Å². The summed E-state index contributed by atoms with van der Waals surface area (Å²) in [4.78, 5) is 10.2. The van der Waals surface area contributed by atoms with E-state index < -0.39 is 5.66 Å². The summed E-state index contributed by atoms with van der Waals surface area (Å²) in [6.45, 7) is 7.21. The average molecular weight is 434 g/mol. The van der Waals surface area contributed by atoms with Gasteiger partial charge in [0.05, 0.1) is 5.69 Å². The molecule has 1 aromatic carbocycles. The maximum atomic E-state index is 6.58. The monoisotopic (exact) mass is 433 g/mol. The number of nitrogens with two attached hydrogens (primary N) is 1. The van der Waals surface area contributed by atoms with Crippen molar-refractivity contribution in [3.05, 3.63) is 51.6 Å². The lowest BCUT2D eigenvalue weighted by Crippen LogP contribution is -2.60. The van der Waals surface area contributed by atoms with Crippen LogP contribution in [0.15, 0.2) is 46.0 Å². The third-order valence-electron chi connectivity index (χ3n) is 4.04. The van der Waals surface area contributed by atoms with E-state index in [0.29, 0.717) is 12.3 Å². The largest absolute Gasteiger partial charge is 0.356 e. The van der Waals surface area contributed by atoms with Crippen molar-refractivity contribution in [2.45, 2.75) is 32.9 Å². The number of nitrogens with one attached hydrogen (secondary N) is 2. The minimum atomic E-state index is -0.671. The van der Waals surface area contributed by atoms with Crippen molar-refractivity contribution < 1.29 is 0 Å². The highest BCUT2D eigenvalue weighted by molar-refractivity contribution is 9.10. The number of benzene rings is 1. The standard InChI is InChI=1S/C19H24BrN5S/c1-12(2)11-23-18-22-9-8-19(21,25-18)10-16-13(3)24-17(26-16)14-4-6-15(20)7-5-14/h4-9,12H,10-11,21H2,1-3H3,(H2,22,23,25). The summed E-state index contributed by atoms with van der Waals surface area (Å²) < 4.78 is 1.06. The summed E-state index contributed by atoms with van der Waals surface area (Å²) in [5.41, 5.74) is 8.04. The first-order chi connectivity index (χ1) is 12.3. The van der Waals surface area contributed by atoms with Gasteiger partial charge in [-0.2, -0.15) is 0 Å². The lowest BCUT2D eigenvalue weighted by molar-refractivity contribution is 0.472. The number of guanidine groups is 1. The molecule has 0 radical (unpaired) electrons. The summed E-state index contributed by atoms with van der Waals surface area (Å²) >= 11 is 5.16. The predicted molar refractivity (Wildman–Crippen MR) is 113 cm³/mol. The van der Waals surface area contributed by atoms with Crippen LogP contribution in [0.3, 0.4) is 0 Å². The Kier molecular flexibility index (Phi) is 5.79. The van der Waals surface area contributed by atoms with Gasteiger partial charge < -0.3 is 16.4 Å². The molecule has 0 saturated heterocycles. The van der Waals surface area contributed by atoms with Gasteiger partial charge in [-0.15, -0.1) is 11.3 Å². The second kappa shape index (κ2) is 7.90. The average Bonchev–Trinajstić information content (AvgIpc) is 2.94. The van der Waals surface area contributed by atoms with Crippen molar-refractivity contribution in [3.8, 4) is 10.6 Å². The second-order valence-corrected chi connectivity index (χ2v) is 8.94. The van der Waals surface area contributed by atoms with E-state index in [1.165, 1.54) is 4.88 Å². The summed E-state index contributed by atoms with van der Waals surface area (Å²) in [7, 11) is 0. The second-order valence-electron chi connectivity index (χ2n) is 6.94. The third kappa shape index (κ3) is 4.72. The van der Waals surface area contributed by atoms with Crippen molar-refractivity contribution in [2.24, 2.45) is 16.6 Å². The Balaban J connectivity index is 1.73. The van der Waals surface area contributed by atoms with E-state index in [9.17, 15) is 0 Å². The number of aliphatic imine (C=N–C) groups is 1. The van der Waals surface area contributed by atoms with Gasteiger partial charge in [-0.25, -0.2) is 9.98 Å². The van der Waals surface area contributed by atoms with Gasteiger partial charge in [-0.05, 0) is 31.1 Å². The molecule has 2 aromatic rings. The van der Waals surface area contributed by atoms with Crippen LogP contribution in [0.25, 0.3) is 10.6 Å². The van der Waals surface area contributed by atoms with E-state index in [1.54, 1.807) is 17.5 Å². The van der Waals surface area contributed by atoms with E-state index >= 15 is 0 Å². The Hall–Kier alpha value is -1.70. The molecule has 138 valence electrons. The molecule has 1 aliphatic rings. The Morgan fingerprint density at radius 2 is 2.04 bits per heavy atom. The first-order valence-corrected chi connectivity index (χ1v) is 10.2. The minimum absolute atomic E-state index is 0.537. The molecule has 0 saturated carbocycles. The van der Waals surface area contributed by atoms with Gasteiger partial charge >= 0.3 is 0 Å². The predicted octanol–water partition coefficient (Wildman–Crippen LogP) is 3.80. The fourth-order valence-electron chi connectivity index (χ4n) is 2.61. The number of halogens is 1. The highest BCUT2D eigenvalue weighted by Crippen LogP contribution is 2.30. The summed E-state index contributed by atoms with van der Waals surface area (Å²) in [5, 5.41) is 7.64. The Morgan fingerprint density at radius 3 is 2.73 bits per heavy atom. The first kappa shape index (κ1) is 19.1. The molecular formula is C19H24BrN5S. The van der Waals surface area contributed by atoms with Crippen LogP contribution < -0.4 is 16.4 Å². The van der Waals surface area contributed by atoms with Crippen LogP contribution in [0.5, 0.6) is 0 Å². The molecule has 1 aromatic heterocycles. The molecule has 1 aliphatic heterocycles. The molecule has 1 unspecified atom stereocenters. The highest BCUT2D eigenvalue weighted by Gasteiger charge is 2.28. The number of thiazole rings is 1. The number of hydrogen-bond donors (Lipinski definition) is 3. The zero-order valence-corrected chi connectivity index (χ0v) is 17.6. The van der Waals surface area contributed by atoms with Crippen LogP contribution in [0.4, 0.5) is 0 Å². The van der Waals surface area contributed by atoms with Crippen molar-refractivity contribution in [3.63, 3.8) is 0 Å². The van der Waals surface area contributed by atoms with Crippen molar-refractivity contribution in [1.29, 1.82) is 0 Å². The van der Waals surface area contributed by atoms with Crippen LogP contribution in [0.1, 0.15) is 24.4 Å². The summed E-state index contributed by atoms with van der Waals surface area (Å²) in [6, 6.07) is 8.21. The van der Waals surface area contributed by atoms with Crippen molar-refractivity contribution >= 4 is 33.2 Å². The van der Waals surface area contributed by atoms with Gasteiger partial charge in [0.25, 0.3) is 0 Å². The zero-order valence-electron chi connectivity index (χ0n) is 15.2. The lowest BCUT2D eigenvalue weighted by atomic mass is 10.0. The topological polar surface area (TPSA) is 75.3 Å². The lowest BCUT2D eigenvalue weighted by Gasteiger charge is -2.31. The molecule has 7 heteroatoms. The van der Waals surface area contributed by atoms with Gasteiger partial charge in [-0.3, -0.25) is 0 Å². The molecule has 5 nitrogen and oxygen atoms in total. The SMILES string of the molecule is Cc1nc(-c2ccc(Br)cc2)sc1CC1(N)C=CN=C(NCC(C)C)N1. The Labute approximate surface area is 167 Å². The number of aromatic nitrogens is 1. The molecule has 0 bridgehead atoms. The molecule has 0 fully saturated rings. The van der Waals surface area contributed by atoms with Gasteiger partial charge in [0, 0.05) is 34.1 Å². The first-order valence-electron chi connectivity index (χ1n) is 8.63. The molecule has 0 spiro atoms. The molecule has 0 aliphatic carbocycles. The van der Waals surface area contributed by atoms with E-state index in [0.717, 1.165) is 33.2 Å². The van der Waals surface area contributed by atoms with E-state index in [1.807, 2.05) is 25.1 Å². The van der Waals surface area contributed by atoms with E-state index in [4.69, 9.17) is 10.7 Å². The molecule has 26 heavy (non-hydrogen) atoms. The van der Waals surface area contributed by atoms with Crippen LogP contribution in [-0.2, 0) is 6.42 Å². The smallest absolute Gasteiger partial charge is 0.197 e. The van der Waals surface area contributed by atoms with Crippen LogP contribution in [0, 0.1) is 12.8 Å². The molecule has 1 atom stereocenters. The summed E-state index contributed by atoms with van der Waals surface area (Å²) in [6.07, 6.45) is 4.34. The molecule has 4 N–H and O–H groups in total. The quantitative estimate of drug-likeness (QED) is 0.669. The number of nitrogens with zero attached hydrogens (tertiary/aromatic N) is 2. The number of aryl methyl sites for hydroxylation is 1. The van der Waals surface area contributed by atoms with Crippen LogP contribution in [0.2, 0.25) is 0 Å². The minimum Gasteiger partial charge on any atom is -0.356 e. The highest BCUT2D eigenvalue weighted by atomic mass is 79.9. The van der Waals surface area contributed by atoms with Gasteiger partial charge in [0.2, 0.25) is 0 Å². The zero-order chi connectivity index (χ0) is 18.7. The number of hydrogen-bond acceptors (Lipinski definition) is 6. The van der Waals surface area contributed by atoms with Crippen LogP contribution in [-0.4, -0.2) is 23.2 Å². The normalized spacial score (nSPS) is 19.4. The molecule has 2 heterocycles. The van der Waals surface area contributed by atoms with E-state index in [2.05, 4.69) is 57.5 Å². The van der Waals surface area contributed by atoms with Crippen molar-refractivity contribution in [2.75, 3.05) is 6.54 Å². The summed E-state index contributed by atoms with van der Waals surface area (Å²) in [5.74, 6) is 1.26. The van der Waals surface area contributed by atoms with Crippen LogP contribution >= 0.6 is 27.3 Å². The maximum absolute atomic E-state index is 6.58. The molecule has 3 rings (SSSR count). The fourth-order valence-corrected chi connectivity index (χ4v) is 4.05. The number of rotatable bonds is 5. The third-order valence-corrected chi connectivity index (χ3v) is 5.78. The van der Waals surface area contributed by atoms with Gasteiger partial charge in [0.15, 0.2) is 5.96 Å². The van der Waals surface area contributed by atoms with E-state index in [-0.39, 0.29) is 0 Å². The Morgan fingerprint density at radius 1 is 1.31 bits per heavy atom. The molecular weight excluding hydrogens is 410 g/mol. The fraction of sp³-hybridized carbons (Fsp3) is 0.368. The van der Waals surface area contributed by atoms with Gasteiger partial charge in [0.1, 0.15) is 10.7 Å². The maximum Gasteiger partial charge on any atom is 0.197 e. The Bertz CT molecular complexity index is 825. The van der Waals surface area contributed by atoms with Gasteiger partial charge in [-0.1, -0.05) is 41.9 Å². The molecule has 0 amide bonds.